The van der Waals surface area contributed by atoms with E-state index in [1.54, 1.807) is 41.7 Å². The summed E-state index contributed by atoms with van der Waals surface area (Å²) in [4.78, 5) is 12.2. The van der Waals surface area contributed by atoms with E-state index in [2.05, 4.69) is 30.4 Å². The quantitative estimate of drug-likeness (QED) is 0.492. The van der Waals surface area contributed by atoms with E-state index in [4.69, 9.17) is 5.11 Å². The summed E-state index contributed by atoms with van der Waals surface area (Å²) >= 11 is 0. The van der Waals surface area contributed by atoms with Gasteiger partial charge >= 0.3 is 0 Å². The fourth-order valence-corrected chi connectivity index (χ4v) is 3.50. The number of aliphatic hydroxyl groups is 1. The van der Waals surface area contributed by atoms with Crippen molar-refractivity contribution in [1.29, 1.82) is 0 Å². The molecule has 11 heteroatoms. The molecule has 0 unspecified atom stereocenters. The van der Waals surface area contributed by atoms with Crippen molar-refractivity contribution in [2.75, 3.05) is 6.61 Å². The van der Waals surface area contributed by atoms with Crippen LogP contribution in [-0.2, 0) is 13.1 Å². The Morgan fingerprint density at radius 1 is 1.13 bits per heavy atom. The molecule has 4 aromatic rings. The van der Waals surface area contributed by atoms with Crippen LogP contribution < -0.4 is 0 Å². The Bertz CT molecular complexity index is 1320. The molecule has 0 spiro atoms. The van der Waals surface area contributed by atoms with E-state index >= 15 is 0 Å². The number of aromatic nitrogens is 8. The van der Waals surface area contributed by atoms with E-state index in [-0.39, 0.29) is 25.1 Å². The molecule has 4 heterocycles. The van der Waals surface area contributed by atoms with Crippen LogP contribution in [0.5, 0.6) is 0 Å². The minimum atomic E-state index is -0.812. The number of hydrogen-bond donors (Lipinski definition) is 2. The van der Waals surface area contributed by atoms with Crippen molar-refractivity contribution in [3.05, 3.63) is 54.3 Å². The summed E-state index contributed by atoms with van der Waals surface area (Å²) in [6, 6.07) is 0. The largest absolute Gasteiger partial charge is 0.394 e. The average Bonchev–Trinajstić information content (AvgIpc) is 3.51. The number of H-pyrrole nitrogens is 1. The molecule has 1 aliphatic carbocycles. The molecule has 0 saturated carbocycles. The molecule has 4 aromatic heterocycles. The number of aliphatic hydroxyl groups excluding tert-OH is 1. The zero-order chi connectivity index (χ0) is 21.4. The molecular weight excluding hydrogens is 406 g/mol. The number of allylic oxidation sites excluding steroid dienone is 4. The van der Waals surface area contributed by atoms with Gasteiger partial charge < -0.3 is 10.1 Å². The van der Waals surface area contributed by atoms with Crippen LogP contribution in [0.3, 0.4) is 0 Å². The van der Waals surface area contributed by atoms with Crippen molar-refractivity contribution in [1.82, 2.24) is 39.7 Å². The second-order valence-electron chi connectivity index (χ2n) is 7.16. The van der Waals surface area contributed by atoms with Gasteiger partial charge in [-0.15, -0.1) is 5.10 Å². The van der Waals surface area contributed by atoms with Crippen molar-refractivity contribution in [3.8, 4) is 22.5 Å². The predicted molar refractivity (Wildman–Crippen MR) is 108 cm³/mol. The molecule has 5 rings (SSSR count). The maximum Gasteiger partial charge on any atom is 0.159 e. The third-order valence-electron chi connectivity index (χ3n) is 5.06. The summed E-state index contributed by atoms with van der Waals surface area (Å²) in [5, 5.41) is 21.5. The Balaban J connectivity index is 1.45. The predicted octanol–water partition coefficient (Wildman–Crippen LogP) is 2.94. The van der Waals surface area contributed by atoms with E-state index in [1.807, 2.05) is 0 Å². The molecule has 0 amide bonds. The van der Waals surface area contributed by atoms with Crippen molar-refractivity contribution in [2.24, 2.45) is 0 Å². The van der Waals surface area contributed by atoms with Crippen LogP contribution in [-0.4, -0.2) is 51.4 Å². The Hall–Kier alpha value is -3.73. The normalized spacial score (nSPS) is 14.5. The van der Waals surface area contributed by atoms with Crippen LogP contribution in [0.2, 0.25) is 0 Å². The average molecular weight is 424 g/mol. The lowest BCUT2D eigenvalue weighted by atomic mass is 10.1. The van der Waals surface area contributed by atoms with Gasteiger partial charge in [0.1, 0.15) is 17.0 Å². The summed E-state index contributed by atoms with van der Waals surface area (Å²) in [6.45, 7) is 0.479. The highest BCUT2D eigenvalue weighted by molar-refractivity contribution is 5.90. The van der Waals surface area contributed by atoms with E-state index in [1.165, 1.54) is 4.68 Å². The summed E-state index contributed by atoms with van der Waals surface area (Å²) in [6.07, 6.45) is 10.7. The van der Waals surface area contributed by atoms with Gasteiger partial charge in [-0.05, 0) is 6.42 Å². The van der Waals surface area contributed by atoms with Gasteiger partial charge in [-0.25, -0.2) is 23.4 Å². The van der Waals surface area contributed by atoms with Gasteiger partial charge in [0.25, 0.3) is 0 Å². The molecule has 2 N–H and O–H groups in total. The number of hydrogen-bond acceptors (Lipinski definition) is 6. The Morgan fingerprint density at radius 3 is 2.90 bits per heavy atom. The van der Waals surface area contributed by atoms with Crippen LogP contribution in [0.15, 0.2) is 54.3 Å². The smallest absolute Gasteiger partial charge is 0.159 e. The molecule has 0 fully saturated rings. The molecule has 0 bridgehead atoms. The number of rotatable bonds is 6. The maximum absolute atomic E-state index is 14.0. The minimum Gasteiger partial charge on any atom is -0.394 e. The Kier molecular flexibility index (Phi) is 4.86. The zero-order valence-corrected chi connectivity index (χ0v) is 16.3. The third kappa shape index (κ3) is 3.63. The third-order valence-corrected chi connectivity index (χ3v) is 5.06. The van der Waals surface area contributed by atoms with E-state index in [0.29, 0.717) is 41.1 Å². The monoisotopic (exact) mass is 424 g/mol. The van der Waals surface area contributed by atoms with Crippen LogP contribution in [0.1, 0.15) is 12.8 Å². The number of aromatic amines is 1. The first-order chi connectivity index (χ1) is 15.1. The topological polar surface area (TPSA) is 110 Å². The second kappa shape index (κ2) is 7.84. The van der Waals surface area contributed by atoms with Gasteiger partial charge in [-0.2, -0.15) is 5.10 Å². The molecule has 1 aliphatic rings. The molecular formula is C20H18F2N8O. The zero-order valence-electron chi connectivity index (χ0n) is 16.3. The molecule has 0 aromatic carbocycles. The Labute approximate surface area is 174 Å². The molecule has 0 saturated heterocycles. The van der Waals surface area contributed by atoms with Gasteiger partial charge in [-0.3, -0.25) is 4.68 Å². The van der Waals surface area contributed by atoms with E-state index < -0.39 is 11.7 Å². The van der Waals surface area contributed by atoms with Gasteiger partial charge in [-0.1, -0.05) is 11.3 Å². The maximum atomic E-state index is 14.0. The summed E-state index contributed by atoms with van der Waals surface area (Å²) in [5.41, 5.74) is 4.08. The molecule has 158 valence electrons. The van der Waals surface area contributed by atoms with Crippen LogP contribution in [0.25, 0.3) is 33.7 Å². The SMILES string of the molecule is OCCn1cc(-c2cnc3[nH]cc(-c4cn(CC5=CCCC(F)=C5F)nn4)c3n2)cn1. The molecule has 31 heavy (non-hydrogen) atoms. The van der Waals surface area contributed by atoms with Crippen molar-refractivity contribution in [3.63, 3.8) is 0 Å². The van der Waals surface area contributed by atoms with Crippen LogP contribution in [0.4, 0.5) is 8.78 Å². The lowest BCUT2D eigenvalue weighted by molar-refractivity contribution is 0.269. The fraction of sp³-hybridized carbons (Fsp3) is 0.250. The lowest BCUT2D eigenvalue weighted by Gasteiger charge is -2.10. The molecule has 0 radical (unpaired) electrons. The highest BCUT2D eigenvalue weighted by Gasteiger charge is 2.18. The van der Waals surface area contributed by atoms with Crippen LogP contribution in [0, 0.1) is 0 Å². The number of fused-ring (bicyclic) bond motifs is 1. The molecule has 9 nitrogen and oxygen atoms in total. The summed E-state index contributed by atoms with van der Waals surface area (Å²) in [7, 11) is 0. The molecule has 0 aliphatic heterocycles. The highest BCUT2D eigenvalue weighted by Crippen LogP contribution is 2.29. The number of halogens is 2. The summed E-state index contributed by atoms with van der Waals surface area (Å²) < 4.78 is 30.6. The first-order valence-corrected chi connectivity index (χ1v) is 9.74. The number of nitrogens with one attached hydrogen (secondary N) is 1. The van der Waals surface area contributed by atoms with Gasteiger partial charge in [0.05, 0.1) is 44.0 Å². The van der Waals surface area contributed by atoms with Crippen molar-refractivity contribution >= 4 is 11.2 Å². The number of nitrogens with zero attached hydrogens (tertiary/aromatic N) is 7. The van der Waals surface area contributed by atoms with E-state index in [9.17, 15) is 8.78 Å². The van der Waals surface area contributed by atoms with Crippen molar-refractivity contribution < 1.29 is 13.9 Å². The molecule has 0 atom stereocenters. The first kappa shape index (κ1) is 19.2. The van der Waals surface area contributed by atoms with E-state index in [0.717, 1.165) is 5.56 Å². The first-order valence-electron chi connectivity index (χ1n) is 9.74. The van der Waals surface area contributed by atoms with Crippen molar-refractivity contribution in [2.45, 2.75) is 25.9 Å². The highest BCUT2D eigenvalue weighted by atomic mass is 19.2. The standard InChI is InChI=1S/C20H18F2N8O/c21-15-3-1-2-12(18(15)22)9-30-11-17(27-28-30)14-7-23-20-19(14)26-16(8-24-20)13-6-25-29(10-13)4-5-31/h2,6-8,10-11,31H,1,3-5,9H2,(H,23,24). The van der Waals surface area contributed by atoms with Gasteiger partial charge in [0.15, 0.2) is 11.5 Å². The second-order valence-corrected chi connectivity index (χ2v) is 7.16. The van der Waals surface area contributed by atoms with Crippen LogP contribution >= 0.6 is 0 Å². The lowest BCUT2D eigenvalue weighted by Crippen LogP contribution is -2.05. The summed E-state index contributed by atoms with van der Waals surface area (Å²) in [5.74, 6) is -1.53. The Morgan fingerprint density at radius 2 is 2.03 bits per heavy atom. The van der Waals surface area contributed by atoms with Gasteiger partial charge in [0.2, 0.25) is 0 Å². The van der Waals surface area contributed by atoms with Gasteiger partial charge in [0, 0.05) is 35.5 Å². The fourth-order valence-electron chi connectivity index (χ4n) is 3.50. The minimum absolute atomic E-state index is 0.00726.